The van der Waals surface area contributed by atoms with E-state index in [1.165, 1.54) is 4.68 Å². The van der Waals surface area contributed by atoms with Crippen molar-refractivity contribution in [3.8, 4) is 11.8 Å². The first-order chi connectivity index (χ1) is 11.1. The number of nitriles is 1. The van der Waals surface area contributed by atoms with Crippen molar-refractivity contribution in [2.75, 3.05) is 7.11 Å². The lowest BCUT2D eigenvalue weighted by Crippen LogP contribution is -1.98. The molecule has 23 heavy (non-hydrogen) atoms. The molecule has 0 aliphatic carbocycles. The largest absolute Gasteiger partial charge is 0.497 e. The molecule has 0 fully saturated rings. The van der Waals surface area contributed by atoms with Crippen LogP contribution in [-0.2, 0) is 0 Å². The van der Waals surface area contributed by atoms with Gasteiger partial charge in [-0.05, 0) is 23.8 Å². The smallest absolute Gasteiger partial charge is 0.161 e. The quantitative estimate of drug-likeness (QED) is 0.696. The number of hydrogen-bond donors (Lipinski definition) is 0. The summed E-state index contributed by atoms with van der Waals surface area (Å²) in [5.74, 6) is -1.35. The molecule has 114 valence electrons. The van der Waals surface area contributed by atoms with Gasteiger partial charge in [-0.3, -0.25) is 0 Å². The average molecular weight is 312 g/mol. The fraction of sp³-hybridized carbons (Fsp3) is 0.0625. The van der Waals surface area contributed by atoms with Crippen molar-refractivity contribution in [1.29, 1.82) is 5.26 Å². The highest BCUT2D eigenvalue weighted by Crippen LogP contribution is 2.21. The minimum absolute atomic E-state index is 0.128. The first kappa shape index (κ1) is 14.7. The van der Waals surface area contributed by atoms with E-state index in [-0.39, 0.29) is 16.7 Å². The Bertz CT molecular complexity index is 939. The fourth-order valence-corrected chi connectivity index (χ4v) is 2.09. The third kappa shape index (κ3) is 2.74. The SMILES string of the molecule is COc1ccc(/C=C(\C#N)n2nnc3cc(F)c(F)cc32)cc1. The first-order valence-corrected chi connectivity index (χ1v) is 6.59. The highest BCUT2D eigenvalue weighted by Gasteiger charge is 2.13. The van der Waals surface area contributed by atoms with Crippen molar-refractivity contribution in [2.24, 2.45) is 0 Å². The van der Waals surface area contributed by atoms with Gasteiger partial charge in [-0.2, -0.15) is 5.26 Å². The molecule has 0 amide bonds. The van der Waals surface area contributed by atoms with Gasteiger partial charge in [0.25, 0.3) is 0 Å². The summed E-state index contributed by atoms with van der Waals surface area (Å²) in [6, 6.07) is 10.9. The molecule has 0 N–H and O–H groups in total. The molecular weight excluding hydrogens is 302 g/mol. The minimum atomic E-state index is -1.03. The lowest BCUT2D eigenvalue weighted by Gasteiger charge is -2.02. The summed E-state index contributed by atoms with van der Waals surface area (Å²) >= 11 is 0. The minimum Gasteiger partial charge on any atom is -0.497 e. The van der Waals surface area contributed by atoms with Crippen LogP contribution in [0.2, 0.25) is 0 Å². The highest BCUT2D eigenvalue weighted by molar-refractivity contribution is 5.86. The number of fused-ring (bicyclic) bond motifs is 1. The average Bonchev–Trinajstić information content (AvgIpc) is 2.96. The van der Waals surface area contributed by atoms with Gasteiger partial charge in [0.2, 0.25) is 0 Å². The van der Waals surface area contributed by atoms with E-state index >= 15 is 0 Å². The Kier molecular flexibility index (Phi) is 3.73. The number of nitrogens with zero attached hydrogens (tertiary/aromatic N) is 4. The first-order valence-electron chi connectivity index (χ1n) is 6.59. The normalized spacial score (nSPS) is 11.5. The summed E-state index contributed by atoms with van der Waals surface area (Å²) < 4.78 is 32.9. The maximum atomic E-state index is 13.4. The van der Waals surface area contributed by atoms with Crippen molar-refractivity contribution >= 4 is 22.8 Å². The molecule has 0 atom stereocenters. The van der Waals surface area contributed by atoms with Crippen LogP contribution >= 0.6 is 0 Å². The zero-order chi connectivity index (χ0) is 16.4. The Hall–Kier alpha value is -3.27. The standard InChI is InChI=1S/C16H10F2N4O/c1-23-12-4-2-10(3-5-12)6-11(9-19)22-16-8-14(18)13(17)7-15(16)20-21-22/h2-8H,1H3/b11-6+. The van der Waals surface area contributed by atoms with Gasteiger partial charge >= 0.3 is 0 Å². The predicted molar refractivity (Wildman–Crippen MR) is 80.2 cm³/mol. The van der Waals surface area contributed by atoms with E-state index in [1.807, 2.05) is 6.07 Å². The number of ether oxygens (including phenoxy) is 1. The van der Waals surface area contributed by atoms with Gasteiger partial charge in [0.1, 0.15) is 23.0 Å². The Morgan fingerprint density at radius 1 is 1.22 bits per heavy atom. The molecule has 0 saturated carbocycles. The molecule has 3 rings (SSSR count). The molecule has 1 heterocycles. The van der Waals surface area contributed by atoms with Crippen LogP contribution in [0.1, 0.15) is 5.56 Å². The van der Waals surface area contributed by atoms with Crippen LogP contribution in [0.15, 0.2) is 36.4 Å². The zero-order valence-electron chi connectivity index (χ0n) is 12.0. The van der Waals surface area contributed by atoms with Crippen molar-refractivity contribution in [2.45, 2.75) is 0 Å². The summed E-state index contributed by atoms with van der Waals surface area (Å²) in [7, 11) is 1.56. The van der Waals surface area contributed by atoms with Crippen LogP contribution in [0.4, 0.5) is 8.78 Å². The Labute approximate surface area is 130 Å². The molecule has 3 aromatic rings. The summed E-state index contributed by atoms with van der Waals surface area (Å²) in [5.41, 5.74) is 1.24. The van der Waals surface area contributed by atoms with Crippen molar-refractivity contribution < 1.29 is 13.5 Å². The van der Waals surface area contributed by atoms with Gasteiger partial charge in [0, 0.05) is 12.1 Å². The van der Waals surface area contributed by atoms with Crippen molar-refractivity contribution in [1.82, 2.24) is 15.0 Å². The van der Waals surface area contributed by atoms with E-state index in [0.29, 0.717) is 5.75 Å². The summed E-state index contributed by atoms with van der Waals surface area (Å²) in [6.45, 7) is 0. The van der Waals surface area contributed by atoms with Crippen LogP contribution < -0.4 is 4.74 Å². The second-order valence-electron chi connectivity index (χ2n) is 4.67. The van der Waals surface area contributed by atoms with Crippen LogP contribution in [0.5, 0.6) is 5.75 Å². The van der Waals surface area contributed by atoms with Gasteiger partial charge in [0.15, 0.2) is 11.6 Å². The van der Waals surface area contributed by atoms with Gasteiger partial charge in [-0.15, -0.1) is 5.10 Å². The molecule has 2 aromatic carbocycles. The van der Waals surface area contributed by atoms with Crippen LogP contribution in [0.3, 0.4) is 0 Å². The number of hydrogen-bond acceptors (Lipinski definition) is 4. The van der Waals surface area contributed by atoms with E-state index in [2.05, 4.69) is 10.3 Å². The Morgan fingerprint density at radius 3 is 2.57 bits per heavy atom. The molecule has 0 unspecified atom stereocenters. The summed E-state index contributed by atoms with van der Waals surface area (Å²) in [4.78, 5) is 0. The summed E-state index contributed by atoms with van der Waals surface area (Å²) in [6.07, 6.45) is 1.56. The van der Waals surface area contributed by atoms with Crippen LogP contribution in [0.25, 0.3) is 22.8 Å². The molecule has 5 nitrogen and oxygen atoms in total. The molecule has 0 spiro atoms. The molecule has 0 aliphatic rings. The Morgan fingerprint density at radius 2 is 1.91 bits per heavy atom. The van der Waals surface area contributed by atoms with Gasteiger partial charge < -0.3 is 4.74 Å². The third-order valence-corrected chi connectivity index (χ3v) is 3.25. The van der Waals surface area contributed by atoms with E-state index in [4.69, 9.17) is 4.74 Å². The second kappa shape index (κ2) is 5.85. The van der Waals surface area contributed by atoms with Gasteiger partial charge in [-0.25, -0.2) is 13.5 Å². The number of benzene rings is 2. The van der Waals surface area contributed by atoms with E-state index in [1.54, 1.807) is 37.5 Å². The highest BCUT2D eigenvalue weighted by atomic mass is 19.2. The monoisotopic (exact) mass is 312 g/mol. The number of halogens is 2. The number of rotatable bonds is 3. The number of methoxy groups -OCH3 is 1. The van der Waals surface area contributed by atoms with Crippen molar-refractivity contribution in [3.05, 3.63) is 53.6 Å². The van der Waals surface area contributed by atoms with Gasteiger partial charge in [0.05, 0.1) is 12.6 Å². The van der Waals surface area contributed by atoms with Crippen LogP contribution in [-0.4, -0.2) is 22.1 Å². The topological polar surface area (TPSA) is 63.7 Å². The van der Waals surface area contributed by atoms with E-state index in [9.17, 15) is 14.0 Å². The van der Waals surface area contributed by atoms with Crippen molar-refractivity contribution in [3.63, 3.8) is 0 Å². The molecule has 1 aromatic heterocycles. The molecule has 0 saturated heterocycles. The fourth-order valence-electron chi connectivity index (χ4n) is 2.09. The van der Waals surface area contributed by atoms with E-state index < -0.39 is 11.6 Å². The molecule has 0 aliphatic heterocycles. The zero-order valence-corrected chi connectivity index (χ0v) is 12.0. The molecule has 0 bridgehead atoms. The Balaban J connectivity index is 2.08. The molecule has 0 radical (unpaired) electrons. The third-order valence-electron chi connectivity index (χ3n) is 3.25. The maximum Gasteiger partial charge on any atom is 0.161 e. The summed E-state index contributed by atoms with van der Waals surface area (Å²) in [5, 5.41) is 16.9. The lowest BCUT2D eigenvalue weighted by molar-refractivity contribution is 0.415. The molecular formula is C16H10F2N4O. The van der Waals surface area contributed by atoms with Crippen LogP contribution in [0, 0.1) is 23.0 Å². The molecule has 7 heteroatoms. The van der Waals surface area contributed by atoms with E-state index in [0.717, 1.165) is 17.7 Å². The number of aromatic nitrogens is 3. The predicted octanol–water partition coefficient (Wildman–Crippen LogP) is 3.24. The second-order valence-corrected chi connectivity index (χ2v) is 4.67. The number of allylic oxidation sites excluding steroid dienone is 1. The lowest BCUT2D eigenvalue weighted by atomic mass is 10.2. The maximum absolute atomic E-state index is 13.4. The van der Waals surface area contributed by atoms with Gasteiger partial charge in [-0.1, -0.05) is 17.3 Å².